The van der Waals surface area contributed by atoms with Crippen molar-refractivity contribution in [3.63, 3.8) is 0 Å². The molecule has 2 aromatic heterocycles. The van der Waals surface area contributed by atoms with Gasteiger partial charge in [-0.05, 0) is 60.1 Å². The van der Waals surface area contributed by atoms with Gasteiger partial charge in [-0.25, -0.2) is 4.98 Å². The number of imidazole rings is 1. The van der Waals surface area contributed by atoms with E-state index in [-0.39, 0.29) is 12.3 Å². The van der Waals surface area contributed by atoms with Crippen LogP contribution in [0.15, 0.2) is 60.8 Å². The fourth-order valence-corrected chi connectivity index (χ4v) is 5.02. The first kappa shape index (κ1) is 20.7. The van der Waals surface area contributed by atoms with Gasteiger partial charge in [-0.3, -0.25) is 9.78 Å². The third-order valence-corrected chi connectivity index (χ3v) is 6.70. The number of pyridine rings is 1. The van der Waals surface area contributed by atoms with Crippen molar-refractivity contribution in [1.82, 2.24) is 15.0 Å². The molecule has 2 unspecified atom stereocenters. The van der Waals surface area contributed by atoms with E-state index in [2.05, 4.69) is 39.2 Å². The summed E-state index contributed by atoms with van der Waals surface area (Å²) < 4.78 is 0. The number of hydrogen-bond acceptors (Lipinski definition) is 3. The Morgan fingerprint density at radius 3 is 2.56 bits per heavy atom. The van der Waals surface area contributed by atoms with Gasteiger partial charge in [-0.1, -0.05) is 54.8 Å². The lowest BCUT2D eigenvalue weighted by Gasteiger charge is -2.31. The van der Waals surface area contributed by atoms with E-state index < -0.39 is 5.97 Å². The van der Waals surface area contributed by atoms with Gasteiger partial charge in [0, 0.05) is 23.2 Å². The van der Waals surface area contributed by atoms with E-state index >= 15 is 0 Å². The zero-order valence-corrected chi connectivity index (χ0v) is 18.3. The van der Waals surface area contributed by atoms with E-state index in [1.54, 1.807) is 0 Å². The molecule has 1 saturated carbocycles. The maximum absolute atomic E-state index is 11.3. The van der Waals surface area contributed by atoms with E-state index in [4.69, 9.17) is 11.6 Å². The second-order valence-corrected chi connectivity index (χ2v) is 8.99. The predicted molar refractivity (Wildman–Crippen MR) is 127 cm³/mol. The molecule has 0 spiro atoms. The van der Waals surface area contributed by atoms with Crippen molar-refractivity contribution in [2.75, 3.05) is 0 Å². The van der Waals surface area contributed by atoms with Crippen LogP contribution in [0.4, 0.5) is 0 Å². The van der Waals surface area contributed by atoms with E-state index in [9.17, 15) is 9.90 Å². The Morgan fingerprint density at radius 1 is 1.03 bits per heavy atom. The monoisotopic (exact) mass is 445 g/mol. The van der Waals surface area contributed by atoms with Gasteiger partial charge in [0.1, 0.15) is 5.69 Å². The third-order valence-electron chi connectivity index (χ3n) is 6.47. The van der Waals surface area contributed by atoms with Gasteiger partial charge < -0.3 is 10.1 Å². The molecule has 5 nitrogen and oxygen atoms in total. The van der Waals surface area contributed by atoms with Crippen molar-refractivity contribution in [1.29, 1.82) is 0 Å². The largest absolute Gasteiger partial charge is 0.481 e. The lowest BCUT2D eigenvalue weighted by Crippen LogP contribution is -2.20. The minimum Gasteiger partial charge on any atom is -0.481 e. The Hall–Kier alpha value is -3.18. The van der Waals surface area contributed by atoms with Crippen molar-refractivity contribution < 1.29 is 9.90 Å². The molecule has 0 amide bonds. The van der Waals surface area contributed by atoms with Gasteiger partial charge in [-0.15, -0.1) is 0 Å². The van der Waals surface area contributed by atoms with Crippen molar-refractivity contribution in [3.05, 3.63) is 71.4 Å². The summed E-state index contributed by atoms with van der Waals surface area (Å²) in [6.45, 7) is 0. The van der Waals surface area contributed by atoms with Gasteiger partial charge in [0.25, 0.3) is 0 Å². The number of carboxylic acid groups (broad SMARTS) is 1. The lowest BCUT2D eigenvalue weighted by atomic mass is 9.74. The first-order chi connectivity index (χ1) is 15.6. The number of hydrogen-bond donors (Lipinski definition) is 2. The summed E-state index contributed by atoms with van der Waals surface area (Å²) in [7, 11) is 0. The van der Waals surface area contributed by atoms with Crippen LogP contribution < -0.4 is 0 Å². The molecule has 0 saturated heterocycles. The van der Waals surface area contributed by atoms with Crippen molar-refractivity contribution in [2.24, 2.45) is 5.92 Å². The smallest absolute Gasteiger partial charge is 0.303 e. The summed E-state index contributed by atoms with van der Waals surface area (Å²) in [5, 5.41) is 9.93. The number of nitrogens with one attached hydrogen (secondary N) is 1. The second-order valence-electron chi connectivity index (χ2n) is 8.55. The second kappa shape index (κ2) is 8.75. The van der Waals surface area contributed by atoms with Gasteiger partial charge in [0.2, 0.25) is 0 Å². The molecule has 1 aliphatic carbocycles. The Balaban J connectivity index is 1.35. The maximum Gasteiger partial charge on any atom is 0.303 e. The fraction of sp³-hybridized carbons (Fsp3) is 0.269. The van der Waals surface area contributed by atoms with Crippen molar-refractivity contribution in [3.8, 4) is 22.6 Å². The molecule has 2 atom stereocenters. The van der Waals surface area contributed by atoms with Crippen LogP contribution in [0.3, 0.4) is 0 Å². The molecular weight excluding hydrogens is 422 g/mol. The molecular formula is C26H24ClN3O2. The van der Waals surface area contributed by atoms with Crippen LogP contribution in [0, 0.1) is 5.92 Å². The molecule has 2 aromatic carbocycles. The van der Waals surface area contributed by atoms with E-state index in [1.807, 2.05) is 36.5 Å². The number of benzene rings is 2. The highest BCUT2D eigenvalue weighted by Crippen LogP contribution is 2.40. The standard InChI is InChI=1S/C26H24ClN3O2/c27-20-10-12-22-24(14-20)30-26(29-22)23-11-9-19(15-28-23)16-5-7-17(8-6-16)21-4-2-1-3-18(21)13-25(31)32/h5-12,14-15,18,21H,1-4,13H2,(H,29,30)(H,31,32). The van der Waals surface area contributed by atoms with Crippen LogP contribution >= 0.6 is 11.6 Å². The van der Waals surface area contributed by atoms with Crippen LogP contribution in [0.5, 0.6) is 0 Å². The summed E-state index contributed by atoms with van der Waals surface area (Å²) in [5.41, 5.74) is 5.88. The molecule has 4 aromatic rings. The minimum absolute atomic E-state index is 0.228. The topological polar surface area (TPSA) is 78.9 Å². The average Bonchev–Trinajstić information content (AvgIpc) is 3.23. The molecule has 2 heterocycles. The Bertz CT molecular complexity index is 1250. The SMILES string of the molecule is O=C(O)CC1CCCCC1c1ccc(-c2ccc(-c3nc4ccc(Cl)cc4[nH]3)nc2)cc1. The molecule has 0 aliphatic heterocycles. The Morgan fingerprint density at radius 2 is 1.81 bits per heavy atom. The van der Waals surface area contributed by atoms with Crippen molar-refractivity contribution in [2.45, 2.75) is 38.0 Å². The normalized spacial score (nSPS) is 18.7. The number of halogens is 1. The van der Waals surface area contributed by atoms with Gasteiger partial charge in [-0.2, -0.15) is 0 Å². The molecule has 162 valence electrons. The number of fused-ring (bicyclic) bond motifs is 1. The molecule has 6 heteroatoms. The first-order valence-corrected chi connectivity index (χ1v) is 11.4. The summed E-state index contributed by atoms with van der Waals surface area (Å²) in [6, 6.07) is 18.1. The first-order valence-electron chi connectivity index (χ1n) is 11.0. The zero-order chi connectivity index (χ0) is 22.1. The fourth-order valence-electron chi connectivity index (χ4n) is 4.85. The number of aromatic nitrogens is 3. The number of H-pyrrole nitrogens is 1. The van der Waals surface area contributed by atoms with Crippen LogP contribution in [-0.2, 0) is 4.79 Å². The number of rotatable bonds is 5. The van der Waals surface area contributed by atoms with E-state index in [0.717, 1.165) is 47.1 Å². The molecule has 0 radical (unpaired) electrons. The molecule has 32 heavy (non-hydrogen) atoms. The van der Waals surface area contributed by atoms with E-state index in [0.29, 0.717) is 16.8 Å². The third kappa shape index (κ3) is 4.26. The lowest BCUT2D eigenvalue weighted by molar-refractivity contribution is -0.138. The van der Waals surface area contributed by atoms with Gasteiger partial charge in [0.15, 0.2) is 5.82 Å². The highest BCUT2D eigenvalue weighted by Gasteiger charge is 2.28. The number of carboxylic acids is 1. The zero-order valence-electron chi connectivity index (χ0n) is 17.6. The maximum atomic E-state index is 11.3. The quantitative estimate of drug-likeness (QED) is 0.358. The molecule has 1 aliphatic rings. The minimum atomic E-state index is -0.697. The number of carbonyl (C=O) groups is 1. The highest BCUT2D eigenvalue weighted by molar-refractivity contribution is 6.31. The van der Waals surface area contributed by atoms with E-state index in [1.165, 1.54) is 12.0 Å². The number of aromatic amines is 1. The molecule has 2 N–H and O–H groups in total. The Kier molecular flexibility index (Phi) is 5.66. The molecule has 1 fully saturated rings. The predicted octanol–water partition coefficient (Wildman–Crippen LogP) is 6.69. The summed E-state index contributed by atoms with van der Waals surface area (Å²) >= 11 is 6.06. The van der Waals surface area contributed by atoms with Crippen molar-refractivity contribution >= 4 is 28.6 Å². The number of aliphatic carboxylic acids is 1. The number of nitrogens with zero attached hydrogens (tertiary/aromatic N) is 2. The van der Waals surface area contributed by atoms with Crippen LogP contribution in [0.1, 0.15) is 43.6 Å². The molecule has 0 bridgehead atoms. The van der Waals surface area contributed by atoms with Crippen LogP contribution in [0.25, 0.3) is 33.7 Å². The highest BCUT2D eigenvalue weighted by atomic mass is 35.5. The van der Waals surface area contributed by atoms with Gasteiger partial charge in [0.05, 0.1) is 11.0 Å². The van der Waals surface area contributed by atoms with Crippen LogP contribution in [0.2, 0.25) is 5.02 Å². The van der Waals surface area contributed by atoms with Crippen LogP contribution in [-0.4, -0.2) is 26.0 Å². The average molecular weight is 446 g/mol. The molecule has 5 rings (SSSR count). The Labute approximate surface area is 191 Å². The van der Waals surface area contributed by atoms with Gasteiger partial charge >= 0.3 is 5.97 Å². The summed E-state index contributed by atoms with van der Waals surface area (Å²) in [4.78, 5) is 23.7. The summed E-state index contributed by atoms with van der Waals surface area (Å²) in [6.07, 6.45) is 6.48. The summed E-state index contributed by atoms with van der Waals surface area (Å²) in [5.74, 6) is 0.575.